The second-order valence-electron chi connectivity index (χ2n) is 6.27. The molecule has 1 aromatic heterocycles. The number of hydrogen-bond donors (Lipinski definition) is 2. The zero-order valence-corrected chi connectivity index (χ0v) is 12.8. The van der Waals surface area contributed by atoms with Crippen molar-refractivity contribution >= 4 is 11.9 Å². The van der Waals surface area contributed by atoms with Crippen LogP contribution in [0.15, 0.2) is 4.52 Å². The number of amides is 1. The molecule has 2 N–H and O–H groups in total. The second-order valence-corrected chi connectivity index (χ2v) is 6.27. The predicted octanol–water partition coefficient (Wildman–Crippen LogP) is 2.34. The number of aromatic nitrogens is 1. The molecule has 0 radical (unpaired) electrons. The van der Waals surface area contributed by atoms with Crippen LogP contribution in [0.25, 0.3) is 0 Å². The molecule has 112 valence electrons. The van der Waals surface area contributed by atoms with Gasteiger partial charge in [0.2, 0.25) is 0 Å². The third-order valence-electron chi connectivity index (χ3n) is 3.03. The Morgan fingerprint density at radius 1 is 1.30 bits per heavy atom. The van der Waals surface area contributed by atoms with Crippen molar-refractivity contribution in [3.05, 3.63) is 17.0 Å². The van der Waals surface area contributed by atoms with Crippen molar-refractivity contribution < 1.29 is 19.2 Å². The molecule has 0 saturated heterocycles. The third-order valence-corrected chi connectivity index (χ3v) is 3.03. The van der Waals surface area contributed by atoms with Gasteiger partial charge in [0.25, 0.3) is 5.91 Å². The molecule has 1 atom stereocenters. The van der Waals surface area contributed by atoms with Crippen LogP contribution < -0.4 is 5.32 Å². The van der Waals surface area contributed by atoms with Gasteiger partial charge in [-0.3, -0.25) is 4.79 Å². The number of carboxylic acid groups (broad SMARTS) is 1. The summed E-state index contributed by atoms with van der Waals surface area (Å²) in [5.74, 6) is -1.06. The van der Waals surface area contributed by atoms with Crippen LogP contribution >= 0.6 is 0 Å². The number of carbonyl (C=O) groups excluding carboxylic acids is 1. The SMILES string of the molecule is Cc1noc(C(C)C)c1C(=O)N[C@H](C(=O)O)C(C)(C)C. The minimum Gasteiger partial charge on any atom is -0.480 e. The maximum atomic E-state index is 12.3. The van der Waals surface area contributed by atoms with E-state index in [-0.39, 0.29) is 5.92 Å². The van der Waals surface area contributed by atoms with Gasteiger partial charge in [0.05, 0.1) is 5.69 Å². The normalized spacial score (nSPS) is 13.3. The van der Waals surface area contributed by atoms with Crippen LogP contribution in [0.4, 0.5) is 0 Å². The fraction of sp³-hybridized carbons (Fsp3) is 0.643. The van der Waals surface area contributed by atoms with Crippen LogP contribution in [-0.2, 0) is 4.79 Å². The average Bonchev–Trinajstić information content (AvgIpc) is 2.65. The first-order chi connectivity index (χ1) is 9.05. The van der Waals surface area contributed by atoms with E-state index in [2.05, 4.69) is 10.5 Å². The molecular formula is C14H22N2O4. The summed E-state index contributed by atoms with van der Waals surface area (Å²) >= 11 is 0. The molecule has 1 rings (SSSR count). The van der Waals surface area contributed by atoms with Gasteiger partial charge < -0.3 is 14.9 Å². The van der Waals surface area contributed by atoms with Crippen LogP contribution in [0.1, 0.15) is 62.3 Å². The highest BCUT2D eigenvalue weighted by Gasteiger charge is 2.34. The van der Waals surface area contributed by atoms with Crippen LogP contribution in [0.2, 0.25) is 0 Å². The van der Waals surface area contributed by atoms with E-state index in [0.717, 1.165) is 0 Å². The molecular weight excluding hydrogens is 260 g/mol. The van der Waals surface area contributed by atoms with Crippen LogP contribution in [-0.4, -0.2) is 28.2 Å². The van der Waals surface area contributed by atoms with Crippen molar-refractivity contribution in [3.63, 3.8) is 0 Å². The highest BCUT2D eigenvalue weighted by Crippen LogP contribution is 2.24. The third kappa shape index (κ3) is 3.37. The quantitative estimate of drug-likeness (QED) is 0.884. The number of nitrogens with zero attached hydrogens (tertiary/aromatic N) is 1. The average molecular weight is 282 g/mol. The number of rotatable bonds is 4. The number of nitrogens with one attached hydrogen (secondary N) is 1. The van der Waals surface area contributed by atoms with E-state index < -0.39 is 23.3 Å². The van der Waals surface area contributed by atoms with Gasteiger partial charge in [-0.15, -0.1) is 0 Å². The van der Waals surface area contributed by atoms with Crippen molar-refractivity contribution in [2.24, 2.45) is 5.41 Å². The molecule has 0 aliphatic carbocycles. The lowest BCUT2D eigenvalue weighted by Crippen LogP contribution is -2.49. The largest absolute Gasteiger partial charge is 0.480 e. The summed E-state index contributed by atoms with van der Waals surface area (Å²) < 4.78 is 5.15. The lowest BCUT2D eigenvalue weighted by Gasteiger charge is -2.27. The van der Waals surface area contributed by atoms with Gasteiger partial charge in [-0.2, -0.15) is 0 Å². The Hall–Kier alpha value is -1.85. The standard InChI is InChI=1S/C14H22N2O4/c1-7(2)10-9(8(3)16-20-10)12(17)15-11(13(18)19)14(4,5)6/h7,11H,1-6H3,(H,15,17)(H,18,19)/t11-/m1/s1. The molecule has 0 aliphatic heterocycles. The van der Waals surface area contributed by atoms with E-state index in [1.807, 2.05) is 13.8 Å². The number of aryl methyl sites for hydroxylation is 1. The van der Waals surface area contributed by atoms with Gasteiger partial charge in [-0.1, -0.05) is 39.8 Å². The van der Waals surface area contributed by atoms with E-state index in [4.69, 9.17) is 4.52 Å². The topological polar surface area (TPSA) is 92.4 Å². The van der Waals surface area contributed by atoms with E-state index in [0.29, 0.717) is 17.0 Å². The molecule has 6 nitrogen and oxygen atoms in total. The van der Waals surface area contributed by atoms with Crippen LogP contribution in [0.5, 0.6) is 0 Å². The minimum atomic E-state index is -1.06. The Balaban J connectivity index is 3.08. The summed E-state index contributed by atoms with van der Waals surface area (Å²) in [6, 6.07) is -0.982. The molecule has 0 fully saturated rings. The van der Waals surface area contributed by atoms with Gasteiger partial charge in [0, 0.05) is 5.92 Å². The Kier molecular flexibility index (Phi) is 4.57. The van der Waals surface area contributed by atoms with Gasteiger partial charge in [0.15, 0.2) is 5.76 Å². The summed E-state index contributed by atoms with van der Waals surface area (Å²) in [6.45, 7) is 10.7. The molecule has 0 unspecified atom stereocenters. The molecule has 1 heterocycles. The van der Waals surface area contributed by atoms with E-state index in [1.165, 1.54) is 0 Å². The number of hydrogen-bond acceptors (Lipinski definition) is 4. The lowest BCUT2D eigenvalue weighted by atomic mass is 9.86. The monoisotopic (exact) mass is 282 g/mol. The Morgan fingerprint density at radius 3 is 2.25 bits per heavy atom. The highest BCUT2D eigenvalue weighted by atomic mass is 16.5. The van der Waals surface area contributed by atoms with Crippen molar-refractivity contribution in [1.29, 1.82) is 0 Å². The van der Waals surface area contributed by atoms with Crippen molar-refractivity contribution in [2.75, 3.05) is 0 Å². The van der Waals surface area contributed by atoms with Crippen molar-refractivity contribution in [3.8, 4) is 0 Å². The number of aliphatic carboxylic acids is 1. The first-order valence-electron chi connectivity index (χ1n) is 6.55. The zero-order valence-electron chi connectivity index (χ0n) is 12.8. The fourth-order valence-electron chi connectivity index (χ4n) is 1.91. The molecule has 0 aromatic carbocycles. The smallest absolute Gasteiger partial charge is 0.326 e. The maximum Gasteiger partial charge on any atom is 0.326 e. The Morgan fingerprint density at radius 2 is 1.85 bits per heavy atom. The van der Waals surface area contributed by atoms with Crippen LogP contribution in [0.3, 0.4) is 0 Å². The van der Waals surface area contributed by atoms with Gasteiger partial charge >= 0.3 is 5.97 Å². The summed E-state index contributed by atoms with van der Waals surface area (Å²) in [5.41, 5.74) is 0.199. The summed E-state index contributed by atoms with van der Waals surface area (Å²) in [4.78, 5) is 23.6. The molecule has 0 spiro atoms. The van der Waals surface area contributed by atoms with Crippen molar-refractivity contribution in [2.45, 2.75) is 53.5 Å². The molecule has 1 amide bonds. The first-order valence-corrected chi connectivity index (χ1v) is 6.55. The molecule has 6 heteroatoms. The molecule has 1 aromatic rings. The highest BCUT2D eigenvalue weighted by molar-refractivity contribution is 5.98. The zero-order chi connectivity index (χ0) is 15.7. The predicted molar refractivity (Wildman–Crippen MR) is 73.7 cm³/mol. The second kappa shape index (κ2) is 5.64. The summed E-state index contributed by atoms with van der Waals surface area (Å²) in [7, 11) is 0. The fourth-order valence-corrected chi connectivity index (χ4v) is 1.91. The Labute approximate surface area is 118 Å². The first kappa shape index (κ1) is 16.2. The van der Waals surface area contributed by atoms with E-state index in [1.54, 1.807) is 27.7 Å². The maximum absolute atomic E-state index is 12.3. The molecule has 20 heavy (non-hydrogen) atoms. The van der Waals surface area contributed by atoms with Gasteiger partial charge in [-0.25, -0.2) is 4.79 Å². The minimum absolute atomic E-state index is 0.00475. The number of carbonyl (C=O) groups is 2. The van der Waals surface area contributed by atoms with Gasteiger partial charge in [-0.05, 0) is 12.3 Å². The Bertz CT molecular complexity index is 512. The summed E-state index contributed by atoms with van der Waals surface area (Å²) in [6.07, 6.45) is 0. The van der Waals surface area contributed by atoms with Gasteiger partial charge in [0.1, 0.15) is 11.6 Å². The van der Waals surface area contributed by atoms with E-state index in [9.17, 15) is 14.7 Å². The molecule has 0 bridgehead atoms. The van der Waals surface area contributed by atoms with Crippen LogP contribution in [0, 0.1) is 12.3 Å². The summed E-state index contributed by atoms with van der Waals surface area (Å²) in [5, 5.41) is 15.6. The molecule has 0 aliphatic rings. The van der Waals surface area contributed by atoms with Crippen molar-refractivity contribution in [1.82, 2.24) is 10.5 Å². The number of carboxylic acids is 1. The molecule has 0 saturated carbocycles. The lowest BCUT2D eigenvalue weighted by molar-refractivity contribution is -0.142. The van der Waals surface area contributed by atoms with E-state index >= 15 is 0 Å².